The van der Waals surface area contributed by atoms with Gasteiger partial charge in [0.25, 0.3) is 0 Å². The Balaban J connectivity index is 1.55. The van der Waals surface area contributed by atoms with Crippen molar-refractivity contribution in [3.63, 3.8) is 0 Å². The summed E-state index contributed by atoms with van der Waals surface area (Å²) in [5, 5.41) is 3.51. The Labute approximate surface area is 123 Å². The zero-order chi connectivity index (χ0) is 14.0. The van der Waals surface area contributed by atoms with Crippen LogP contribution in [-0.2, 0) is 12.8 Å². The summed E-state index contributed by atoms with van der Waals surface area (Å²) in [4.78, 5) is 8.76. The second-order valence-corrected chi connectivity index (χ2v) is 5.90. The van der Waals surface area contributed by atoms with Crippen LogP contribution in [0.4, 0.5) is 5.82 Å². The molecular weight excluding hydrogens is 246 g/mol. The van der Waals surface area contributed by atoms with E-state index in [1.54, 1.807) is 6.33 Å². The van der Waals surface area contributed by atoms with Gasteiger partial charge in [-0.3, -0.25) is 0 Å². The maximum Gasteiger partial charge on any atom is 0.132 e. The molecule has 1 aliphatic rings. The second kappa shape index (κ2) is 8.93. The van der Waals surface area contributed by atoms with E-state index in [1.165, 1.54) is 69.0 Å². The van der Waals surface area contributed by atoms with Crippen LogP contribution in [0.5, 0.6) is 0 Å². The summed E-state index contributed by atoms with van der Waals surface area (Å²) >= 11 is 0. The zero-order valence-electron chi connectivity index (χ0n) is 13.0. The molecule has 1 aliphatic carbocycles. The first-order chi connectivity index (χ1) is 9.92. The third-order valence-corrected chi connectivity index (χ3v) is 4.20. The van der Waals surface area contributed by atoms with Gasteiger partial charge in [-0.15, -0.1) is 0 Å². The molecule has 0 bridgehead atoms. The van der Waals surface area contributed by atoms with E-state index < -0.39 is 0 Å². The number of hydrogen-bond acceptors (Lipinski definition) is 3. The number of fused-ring (bicyclic) bond motifs is 1. The lowest BCUT2D eigenvalue weighted by atomic mass is 10.1. The van der Waals surface area contributed by atoms with Gasteiger partial charge in [-0.1, -0.05) is 51.9 Å². The van der Waals surface area contributed by atoms with Crippen molar-refractivity contribution in [2.45, 2.75) is 77.6 Å². The van der Waals surface area contributed by atoms with E-state index in [0.717, 1.165) is 25.2 Å². The van der Waals surface area contributed by atoms with Crippen molar-refractivity contribution in [1.82, 2.24) is 9.97 Å². The Bertz CT molecular complexity index is 390. The number of aromatic nitrogens is 2. The lowest BCUT2D eigenvalue weighted by Crippen LogP contribution is -2.07. The topological polar surface area (TPSA) is 37.8 Å². The molecule has 1 aromatic heterocycles. The third kappa shape index (κ3) is 4.77. The molecule has 2 rings (SSSR count). The molecule has 0 aromatic carbocycles. The van der Waals surface area contributed by atoms with Gasteiger partial charge in [0.1, 0.15) is 12.1 Å². The van der Waals surface area contributed by atoms with Gasteiger partial charge in [0, 0.05) is 17.8 Å². The van der Waals surface area contributed by atoms with Gasteiger partial charge < -0.3 is 5.32 Å². The second-order valence-electron chi connectivity index (χ2n) is 5.90. The average Bonchev–Trinajstić information content (AvgIpc) is 2.95. The maximum atomic E-state index is 4.40. The fourth-order valence-electron chi connectivity index (χ4n) is 2.98. The number of unbranched alkanes of at least 4 members (excludes halogenated alkanes) is 7. The molecule has 0 aliphatic heterocycles. The van der Waals surface area contributed by atoms with Crippen molar-refractivity contribution in [1.29, 1.82) is 0 Å². The molecule has 1 heterocycles. The summed E-state index contributed by atoms with van der Waals surface area (Å²) in [5.74, 6) is 1.09. The molecule has 0 spiro atoms. The van der Waals surface area contributed by atoms with Crippen LogP contribution in [0.2, 0.25) is 0 Å². The lowest BCUT2D eigenvalue weighted by molar-refractivity contribution is 0.581. The maximum absolute atomic E-state index is 4.40. The Morgan fingerprint density at radius 3 is 2.50 bits per heavy atom. The molecule has 0 amide bonds. The normalized spacial score (nSPS) is 13.4. The largest absolute Gasteiger partial charge is 0.370 e. The van der Waals surface area contributed by atoms with E-state index in [4.69, 9.17) is 0 Å². The van der Waals surface area contributed by atoms with Crippen LogP contribution in [0.25, 0.3) is 0 Å². The smallest absolute Gasteiger partial charge is 0.132 e. The number of aryl methyl sites for hydroxylation is 1. The third-order valence-electron chi connectivity index (χ3n) is 4.20. The van der Waals surface area contributed by atoms with Crippen molar-refractivity contribution in [2.75, 3.05) is 11.9 Å². The first kappa shape index (κ1) is 15.3. The van der Waals surface area contributed by atoms with Crippen LogP contribution in [-0.4, -0.2) is 16.5 Å². The SMILES string of the molecule is CCCCCCCCCCNc1ncnc2c1CCC2. The highest BCUT2D eigenvalue weighted by molar-refractivity contribution is 5.47. The molecule has 112 valence electrons. The van der Waals surface area contributed by atoms with Crippen molar-refractivity contribution in [3.05, 3.63) is 17.6 Å². The van der Waals surface area contributed by atoms with E-state index in [0.29, 0.717) is 0 Å². The summed E-state index contributed by atoms with van der Waals surface area (Å²) in [6, 6.07) is 0. The molecule has 20 heavy (non-hydrogen) atoms. The van der Waals surface area contributed by atoms with Gasteiger partial charge in [-0.2, -0.15) is 0 Å². The Kier molecular flexibility index (Phi) is 6.82. The average molecular weight is 275 g/mol. The van der Waals surface area contributed by atoms with Gasteiger partial charge in [-0.25, -0.2) is 9.97 Å². The van der Waals surface area contributed by atoms with Crippen LogP contribution >= 0.6 is 0 Å². The first-order valence-electron chi connectivity index (χ1n) is 8.48. The highest BCUT2D eigenvalue weighted by Crippen LogP contribution is 2.24. The van der Waals surface area contributed by atoms with Crippen LogP contribution in [0.3, 0.4) is 0 Å². The predicted molar refractivity (Wildman–Crippen MR) is 85.2 cm³/mol. The fraction of sp³-hybridized carbons (Fsp3) is 0.765. The Morgan fingerprint density at radius 2 is 1.70 bits per heavy atom. The minimum Gasteiger partial charge on any atom is -0.370 e. The summed E-state index contributed by atoms with van der Waals surface area (Å²) in [5.41, 5.74) is 2.63. The van der Waals surface area contributed by atoms with Crippen LogP contribution in [0, 0.1) is 0 Å². The molecule has 0 saturated heterocycles. The van der Waals surface area contributed by atoms with Crippen LogP contribution in [0.15, 0.2) is 6.33 Å². The van der Waals surface area contributed by atoms with E-state index in [1.807, 2.05) is 0 Å². The van der Waals surface area contributed by atoms with Crippen LogP contribution in [0.1, 0.15) is 76.0 Å². The molecular formula is C17H29N3. The number of nitrogens with one attached hydrogen (secondary N) is 1. The number of rotatable bonds is 10. The molecule has 1 aromatic rings. The summed E-state index contributed by atoms with van der Waals surface area (Å²) in [7, 11) is 0. The summed E-state index contributed by atoms with van der Waals surface area (Å²) in [6.07, 6.45) is 16.2. The van der Waals surface area contributed by atoms with Gasteiger partial charge in [0.15, 0.2) is 0 Å². The van der Waals surface area contributed by atoms with Crippen molar-refractivity contribution >= 4 is 5.82 Å². The monoisotopic (exact) mass is 275 g/mol. The van der Waals surface area contributed by atoms with E-state index in [-0.39, 0.29) is 0 Å². The molecule has 0 fully saturated rings. The molecule has 0 radical (unpaired) electrons. The van der Waals surface area contributed by atoms with Crippen molar-refractivity contribution in [2.24, 2.45) is 0 Å². The van der Waals surface area contributed by atoms with Gasteiger partial charge in [0.2, 0.25) is 0 Å². The highest BCUT2D eigenvalue weighted by Gasteiger charge is 2.16. The van der Waals surface area contributed by atoms with E-state index in [9.17, 15) is 0 Å². The van der Waals surface area contributed by atoms with E-state index >= 15 is 0 Å². The summed E-state index contributed by atoms with van der Waals surface area (Å²) < 4.78 is 0. The fourth-order valence-corrected chi connectivity index (χ4v) is 2.98. The molecule has 0 unspecified atom stereocenters. The molecule has 0 saturated carbocycles. The predicted octanol–water partition coefficient (Wildman–Crippen LogP) is 4.52. The zero-order valence-corrected chi connectivity index (χ0v) is 13.0. The first-order valence-corrected chi connectivity index (χ1v) is 8.48. The Morgan fingerprint density at radius 1 is 0.950 bits per heavy atom. The van der Waals surface area contributed by atoms with E-state index in [2.05, 4.69) is 22.2 Å². The van der Waals surface area contributed by atoms with Crippen LogP contribution < -0.4 is 5.32 Å². The number of nitrogens with zero attached hydrogens (tertiary/aromatic N) is 2. The molecule has 0 atom stereocenters. The van der Waals surface area contributed by atoms with Gasteiger partial charge >= 0.3 is 0 Å². The lowest BCUT2D eigenvalue weighted by Gasteiger charge is -2.09. The summed E-state index contributed by atoms with van der Waals surface area (Å²) in [6.45, 7) is 3.33. The van der Waals surface area contributed by atoms with Gasteiger partial charge in [0.05, 0.1) is 0 Å². The van der Waals surface area contributed by atoms with Gasteiger partial charge in [-0.05, 0) is 25.7 Å². The van der Waals surface area contributed by atoms with Crippen molar-refractivity contribution in [3.8, 4) is 0 Å². The standard InChI is InChI=1S/C17H29N3/c1-2-3-4-5-6-7-8-9-13-18-17-15-11-10-12-16(15)19-14-20-17/h14H,2-13H2,1H3,(H,18,19,20). The molecule has 3 nitrogen and oxygen atoms in total. The number of anilines is 1. The molecule has 3 heteroatoms. The van der Waals surface area contributed by atoms with Crippen molar-refractivity contribution < 1.29 is 0 Å². The number of hydrogen-bond donors (Lipinski definition) is 1. The minimum absolute atomic E-state index is 1.05. The highest BCUT2D eigenvalue weighted by atomic mass is 15.0. The minimum atomic E-state index is 1.05. The Hall–Kier alpha value is -1.12. The molecule has 1 N–H and O–H groups in total. The quantitative estimate of drug-likeness (QED) is 0.638.